The van der Waals surface area contributed by atoms with E-state index in [1.807, 2.05) is 0 Å². The Hall–Kier alpha value is -0.810. The van der Waals surface area contributed by atoms with Crippen LogP contribution in [-0.4, -0.2) is 53.0 Å². The van der Waals surface area contributed by atoms with E-state index in [-0.39, 0.29) is 24.8 Å². The van der Waals surface area contributed by atoms with Crippen LogP contribution in [0.1, 0.15) is 38.5 Å². The number of nitrogens with zero attached hydrogens (tertiary/aromatic N) is 1. The van der Waals surface area contributed by atoms with Crippen LogP contribution >= 0.6 is 0 Å². The molecule has 4 saturated carbocycles. The summed E-state index contributed by atoms with van der Waals surface area (Å²) in [6.45, 7) is 0.458. The first-order valence-electron chi connectivity index (χ1n) is 7.93. The van der Waals surface area contributed by atoms with E-state index in [9.17, 15) is 4.79 Å². The van der Waals surface area contributed by atoms with Gasteiger partial charge in [-0.15, -0.1) is 0 Å². The van der Waals surface area contributed by atoms with Crippen LogP contribution in [0.5, 0.6) is 0 Å². The molecule has 4 aliphatic carbocycles. The molecule has 0 aromatic heterocycles. The van der Waals surface area contributed by atoms with Gasteiger partial charge in [-0.1, -0.05) is 0 Å². The second kappa shape index (κ2) is 5.53. The lowest BCUT2D eigenvalue weighted by Crippen LogP contribution is -2.62. The summed E-state index contributed by atoms with van der Waals surface area (Å²) in [4.78, 5) is 13.9. The van der Waals surface area contributed by atoms with Gasteiger partial charge in [-0.3, -0.25) is 0 Å². The molecule has 0 aromatic carbocycles. The van der Waals surface area contributed by atoms with Crippen molar-refractivity contribution in [1.82, 2.24) is 10.2 Å². The number of hydrogen-bond acceptors (Lipinski definition) is 3. The van der Waals surface area contributed by atoms with E-state index in [0.29, 0.717) is 13.1 Å². The van der Waals surface area contributed by atoms with E-state index in [1.54, 1.807) is 0 Å². The van der Waals surface area contributed by atoms with E-state index < -0.39 is 0 Å². The van der Waals surface area contributed by atoms with Crippen molar-refractivity contribution in [3.63, 3.8) is 0 Å². The fourth-order valence-electron chi connectivity index (χ4n) is 5.13. The maximum Gasteiger partial charge on any atom is 0.317 e. The van der Waals surface area contributed by atoms with Crippen molar-refractivity contribution in [3.8, 4) is 0 Å². The molecule has 0 aliphatic heterocycles. The third-order valence-electron chi connectivity index (χ3n) is 5.44. The van der Waals surface area contributed by atoms with Crippen LogP contribution in [0.15, 0.2) is 0 Å². The van der Waals surface area contributed by atoms with Gasteiger partial charge in [-0.2, -0.15) is 0 Å². The Morgan fingerprint density at radius 1 is 1.00 bits per heavy atom. The molecule has 0 saturated heterocycles. The maximum atomic E-state index is 12.4. The molecule has 4 aliphatic rings. The average molecular weight is 282 g/mol. The Labute approximate surface area is 120 Å². The molecule has 4 rings (SSSR count). The molecule has 5 nitrogen and oxygen atoms in total. The lowest BCUT2D eigenvalue weighted by molar-refractivity contribution is -0.0161. The molecular formula is C15H26N2O3. The van der Waals surface area contributed by atoms with Gasteiger partial charge in [-0.25, -0.2) is 4.79 Å². The van der Waals surface area contributed by atoms with E-state index in [2.05, 4.69) is 5.32 Å². The minimum Gasteiger partial charge on any atom is -0.395 e. The highest BCUT2D eigenvalue weighted by Crippen LogP contribution is 2.55. The van der Waals surface area contributed by atoms with Crippen LogP contribution in [-0.2, 0) is 0 Å². The topological polar surface area (TPSA) is 72.8 Å². The van der Waals surface area contributed by atoms with Gasteiger partial charge in [0, 0.05) is 18.6 Å². The van der Waals surface area contributed by atoms with E-state index >= 15 is 0 Å². The quantitative estimate of drug-likeness (QED) is 0.703. The molecule has 0 aromatic rings. The second-order valence-electron chi connectivity index (χ2n) is 7.06. The number of carbonyl (C=O) groups is 1. The SMILES string of the molecule is O=C(NC12CC3CC(CC(C3)C1)C2)N(CCO)CCO. The zero-order valence-corrected chi connectivity index (χ0v) is 12.1. The standard InChI is InChI=1S/C15H26N2O3/c18-3-1-17(2-4-19)14(20)16-15-8-11-5-12(9-15)7-13(6-11)10-15/h11-13,18-19H,1-10H2,(H,16,20). The van der Waals surface area contributed by atoms with Gasteiger partial charge in [0.2, 0.25) is 0 Å². The normalized spacial score (nSPS) is 38.0. The highest BCUT2D eigenvalue weighted by Gasteiger charge is 2.51. The minimum atomic E-state index is -0.116. The largest absolute Gasteiger partial charge is 0.395 e. The summed E-state index contributed by atoms with van der Waals surface area (Å²) in [6.07, 6.45) is 7.43. The fourth-order valence-corrected chi connectivity index (χ4v) is 5.13. The van der Waals surface area contributed by atoms with Crippen LogP contribution < -0.4 is 5.32 Å². The number of amides is 2. The Kier molecular flexibility index (Phi) is 3.91. The summed E-state index contributed by atoms with van der Waals surface area (Å²) < 4.78 is 0. The number of urea groups is 1. The average Bonchev–Trinajstić information content (AvgIpc) is 2.36. The summed E-state index contributed by atoms with van der Waals surface area (Å²) in [7, 11) is 0. The smallest absolute Gasteiger partial charge is 0.317 e. The van der Waals surface area contributed by atoms with Gasteiger partial charge >= 0.3 is 6.03 Å². The second-order valence-corrected chi connectivity index (χ2v) is 7.06. The van der Waals surface area contributed by atoms with Crippen LogP contribution in [0, 0.1) is 17.8 Å². The van der Waals surface area contributed by atoms with Crippen LogP contribution in [0.3, 0.4) is 0 Å². The van der Waals surface area contributed by atoms with Gasteiger partial charge in [0.1, 0.15) is 0 Å². The zero-order valence-electron chi connectivity index (χ0n) is 12.1. The Balaban J connectivity index is 1.65. The van der Waals surface area contributed by atoms with Crippen LogP contribution in [0.25, 0.3) is 0 Å². The van der Waals surface area contributed by atoms with Gasteiger partial charge in [0.05, 0.1) is 13.2 Å². The number of nitrogens with one attached hydrogen (secondary N) is 1. The Morgan fingerprint density at radius 3 is 1.85 bits per heavy atom. The molecule has 114 valence electrons. The molecule has 0 atom stereocenters. The third kappa shape index (κ3) is 2.66. The van der Waals surface area contributed by atoms with Crippen molar-refractivity contribution < 1.29 is 15.0 Å². The number of aliphatic hydroxyl groups excluding tert-OH is 2. The molecule has 0 spiro atoms. The number of rotatable bonds is 5. The molecule has 4 fully saturated rings. The van der Waals surface area contributed by atoms with Gasteiger partial charge in [0.25, 0.3) is 0 Å². The molecule has 0 unspecified atom stereocenters. The van der Waals surface area contributed by atoms with Crippen molar-refractivity contribution in [2.24, 2.45) is 17.8 Å². The van der Waals surface area contributed by atoms with Crippen molar-refractivity contribution in [2.45, 2.75) is 44.1 Å². The van der Waals surface area contributed by atoms with Crippen molar-refractivity contribution in [2.75, 3.05) is 26.3 Å². The highest BCUT2D eigenvalue weighted by atomic mass is 16.3. The van der Waals surface area contributed by atoms with E-state index in [4.69, 9.17) is 10.2 Å². The molecule has 0 radical (unpaired) electrons. The summed E-state index contributed by atoms with van der Waals surface area (Å²) in [5.74, 6) is 2.39. The number of hydrogen-bond donors (Lipinski definition) is 3. The number of aliphatic hydroxyl groups is 2. The first kappa shape index (κ1) is 14.1. The van der Waals surface area contributed by atoms with Gasteiger partial charge < -0.3 is 20.4 Å². The van der Waals surface area contributed by atoms with Crippen molar-refractivity contribution >= 4 is 6.03 Å². The zero-order chi connectivity index (χ0) is 14.2. The summed E-state index contributed by atoms with van der Waals surface area (Å²) in [6, 6.07) is -0.116. The predicted octanol–water partition coefficient (Wildman–Crippen LogP) is 0.951. The lowest BCUT2D eigenvalue weighted by atomic mass is 9.53. The molecule has 5 heteroatoms. The van der Waals surface area contributed by atoms with Crippen LogP contribution in [0.4, 0.5) is 4.79 Å². The molecule has 0 heterocycles. The monoisotopic (exact) mass is 282 g/mol. The predicted molar refractivity (Wildman–Crippen MR) is 75.2 cm³/mol. The first-order chi connectivity index (χ1) is 9.64. The summed E-state index contributed by atoms with van der Waals surface area (Å²) >= 11 is 0. The van der Waals surface area contributed by atoms with Gasteiger partial charge in [-0.05, 0) is 56.3 Å². The lowest BCUT2D eigenvalue weighted by Gasteiger charge is -2.57. The van der Waals surface area contributed by atoms with Crippen molar-refractivity contribution in [1.29, 1.82) is 0 Å². The third-order valence-corrected chi connectivity index (χ3v) is 5.44. The van der Waals surface area contributed by atoms with Crippen molar-refractivity contribution in [3.05, 3.63) is 0 Å². The van der Waals surface area contributed by atoms with Gasteiger partial charge in [0.15, 0.2) is 0 Å². The summed E-state index contributed by atoms with van der Waals surface area (Å²) in [5, 5.41) is 21.3. The maximum absolute atomic E-state index is 12.4. The Bertz CT molecular complexity index is 331. The summed E-state index contributed by atoms with van der Waals surface area (Å²) in [5.41, 5.74) is -0.00497. The van der Waals surface area contributed by atoms with E-state index in [0.717, 1.165) is 37.0 Å². The van der Waals surface area contributed by atoms with Crippen LogP contribution in [0.2, 0.25) is 0 Å². The number of carbonyl (C=O) groups excluding carboxylic acids is 1. The molecule has 20 heavy (non-hydrogen) atoms. The first-order valence-corrected chi connectivity index (χ1v) is 7.93. The Morgan fingerprint density at radius 2 is 1.45 bits per heavy atom. The minimum absolute atomic E-state index is 0.00497. The molecule has 4 bridgehead atoms. The molecular weight excluding hydrogens is 256 g/mol. The fraction of sp³-hybridized carbons (Fsp3) is 0.933. The molecule has 3 N–H and O–H groups in total. The molecule has 2 amide bonds. The highest BCUT2D eigenvalue weighted by molar-refractivity contribution is 5.75. The van der Waals surface area contributed by atoms with E-state index in [1.165, 1.54) is 24.2 Å².